The molecule has 18 heavy (non-hydrogen) atoms. The van der Waals surface area contributed by atoms with E-state index in [9.17, 15) is 4.79 Å². The van der Waals surface area contributed by atoms with Crippen LogP contribution in [0.2, 0.25) is 0 Å². The van der Waals surface area contributed by atoms with E-state index < -0.39 is 0 Å². The summed E-state index contributed by atoms with van der Waals surface area (Å²) in [6.07, 6.45) is 0. The third-order valence-corrected chi connectivity index (χ3v) is 3.51. The number of aromatic amines is 1. The van der Waals surface area contributed by atoms with Gasteiger partial charge < -0.3 is 11.1 Å². The molecule has 2 rings (SSSR count). The first-order valence-corrected chi connectivity index (χ1v) is 6.16. The number of rotatable bonds is 2. The van der Waals surface area contributed by atoms with E-state index >= 15 is 0 Å². The first-order chi connectivity index (χ1) is 8.49. The largest absolute Gasteiger partial charge is 0.394 e. The Hall–Kier alpha value is -1.82. The number of halogens is 1. The predicted molar refractivity (Wildman–Crippen MR) is 74.6 cm³/mol. The molecule has 4 N–H and O–H groups in total. The number of anilines is 2. The van der Waals surface area contributed by atoms with E-state index in [0.717, 1.165) is 15.7 Å². The summed E-state index contributed by atoms with van der Waals surface area (Å²) in [7, 11) is 0. The highest BCUT2D eigenvalue weighted by Crippen LogP contribution is 2.21. The summed E-state index contributed by atoms with van der Waals surface area (Å²) in [5, 5.41) is 9.31. The number of aryl methyl sites for hydroxylation is 2. The molecule has 0 atom stereocenters. The molecule has 0 saturated heterocycles. The predicted octanol–water partition coefficient (Wildman–Crippen LogP) is 2.62. The zero-order valence-electron chi connectivity index (χ0n) is 10.0. The van der Waals surface area contributed by atoms with Crippen LogP contribution in [0.15, 0.2) is 22.7 Å². The molecule has 1 aromatic carbocycles. The highest BCUT2D eigenvalue weighted by atomic mass is 79.9. The van der Waals surface area contributed by atoms with Gasteiger partial charge in [-0.15, -0.1) is 0 Å². The monoisotopic (exact) mass is 308 g/mol. The Bertz CT molecular complexity index is 606. The number of hydrogen-bond acceptors (Lipinski definition) is 3. The van der Waals surface area contributed by atoms with Crippen LogP contribution in [-0.4, -0.2) is 16.1 Å². The molecule has 0 aliphatic carbocycles. The van der Waals surface area contributed by atoms with Gasteiger partial charge >= 0.3 is 0 Å². The standard InChI is InChI=1S/C12H13BrN4O/c1-6-3-4-8(5-9(6)13)12(18)15-11-10(14)7(2)16-17-11/h3-5H,14H2,1-2H3,(H2,15,16,17,18). The number of carbonyl (C=O) groups is 1. The molecular weight excluding hydrogens is 296 g/mol. The molecule has 0 aliphatic heterocycles. The van der Waals surface area contributed by atoms with Crippen molar-refractivity contribution in [2.24, 2.45) is 0 Å². The molecule has 0 bridgehead atoms. The number of carbonyl (C=O) groups excluding carboxylic acids is 1. The van der Waals surface area contributed by atoms with Crippen molar-refractivity contribution in [3.63, 3.8) is 0 Å². The van der Waals surface area contributed by atoms with Crippen molar-refractivity contribution >= 4 is 33.3 Å². The number of nitrogens with two attached hydrogens (primary N) is 1. The van der Waals surface area contributed by atoms with Crippen molar-refractivity contribution in [3.8, 4) is 0 Å². The van der Waals surface area contributed by atoms with Crippen molar-refractivity contribution < 1.29 is 4.79 Å². The van der Waals surface area contributed by atoms with Gasteiger partial charge in [-0.2, -0.15) is 5.10 Å². The molecule has 94 valence electrons. The minimum atomic E-state index is -0.242. The van der Waals surface area contributed by atoms with Crippen LogP contribution in [0.4, 0.5) is 11.5 Å². The van der Waals surface area contributed by atoms with E-state index in [1.165, 1.54) is 0 Å². The van der Waals surface area contributed by atoms with Crippen molar-refractivity contribution in [1.82, 2.24) is 10.2 Å². The van der Waals surface area contributed by atoms with Gasteiger partial charge in [0, 0.05) is 10.0 Å². The molecule has 1 aromatic heterocycles. The second-order valence-electron chi connectivity index (χ2n) is 4.03. The maximum Gasteiger partial charge on any atom is 0.256 e. The lowest BCUT2D eigenvalue weighted by molar-refractivity contribution is 0.102. The Morgan fingerprint density at radius 2 is 2.17 bits per heavy atom. The van der Waals surface area contributed by atoms with Crippen LogP contribution in [0.3, 0.4) is 0 Å². The van der Waals surface area contributed by atoms with Gasteiger partial charge in [-0.25, -0.2) is 0 Å². The van der Waals surface area contributed by atoms with Crippen molar-refractivity contribution in [3.05, 3.63) is 39.5 Å². The van der Waals surface area contributed by atoms with Gasteiger partial charge in [-0.05, 0) is 31.5 Å². The number of nitrogens with zero attached hydrogens (tertiary/aromatic N) is 1. The van der Waals surface area contributed by atoms with Crippen LogP contribution in [-0.2, 0) is 0 Å². The van der Waals surface area contributed by atoms with Crippen LogP contribution < -0.4 is 11.1 Å². The summed E-state index contributed by atoms with van der Waals surface area (Å²) in [6, 6.07) is 5.39. The van der Waals surface area contributed by atoms with Gasteiger partial charge in [0.05, 0.1) is 11.4 Å². The first kappa shape index (κ1) is 12.6. The fourth-order valence-electron chi connectivity index (χ4n) is 1.45. The van der Waals surface area contributed by atoms with Crippen molar-refractivity contribution in [2.75, 3.05) is 11.1 Å². The molecule has 5 nitrogen and oxygen atoms in total. The fourth-order valence-corrected chi connectivity index (χ4v) is 1.83. The Morgan fingerprint density at radius 1 is 1.44 bits per heavy atom. The summed E-state index contributed by atoms with van der Waals surface area (Å²) in [5.74, 6) is 0.114. The highest BCUT2D eigenvalue weighted by Gasteiger charge is 2.12. The molecule has 6 heteroatoms. The fraction of sp³-hybridized carbons (Fsp3) is 0.167. The summed E-state index contributed by atoms with van der Waals surface area (Å²) in [6.45, 7) is 3.75. The number of amides is 1. The molecule has 2 aromatic rings. The third-order valence-electron chi connectivity index (χ3n) is 2.66. The SMILES string of the molecule is Cc1ccc(C(=O)Nc2n[nH]c(C)c2N)cc1Br. The van der Waals surface area contributed by atoms with Gasteiger partial charge in [0.15, 0.2) is 5.82 Å². The van der Waals surface area contributed by atoms with Gasteiger partial charge in [-0.1, -0.05) is 22.0 Å². The lowest BCUT2D eigenvalue weighted by atomic mass is 10.1. The van der Waals surface area contributed by atoms with Crippen LogP contribution in [0, 0.1) is 13.8 Å². The van der Waals surface area contributed by atoms with Crippen LogP contribution >= 0.6 is 15.9 Å². The van der Waals surface area contributed by atoms with E-state index in [2.05, 4.69) is 31.4 Å². The molecule has 0 spiro atoms. The Labute approximate surface area is 113 Å². The summed E-state index contributed by atoms with van der Waals surface area (Å²) in [4.78, 5) is 12.0. The summed E-state index contributed by atoms with van der Waals surface area (Å²) < 4.78 is 0.890. The summed E-state index contributed by atoms with van der Waals surface area (Å²) >= 11 is 3.39. The molecule has 0 fully saturated rings. The minimum absolute atomic E-state index is 0.242. The normalized spacial score (nSPS) is 10.4. The maximum absolute atomic E-state index is 12.0. The number of benzene rings is 1. The highest BCUT2D eigenvalue weighted by molar-refractivity contribution is 9.10. The topological polar surface area (TPSA) is 83.8 Å². The van der Waals surface area contributed by atoms with Gasteiger partial charge in [0.2, 0.25) is 0 Å². The Kier molecular flexibility index (Phi) is 3.38. The zero-order valence-corrected chi connectivity index (χ0v) is 11.6. The molecular formula is C12H13BrN4O. The third kappa shape index (κ3) is 2.38. The molecule has 1 amide bonds. The second kappa shape index (κ2) is 4.81. The quantitative estimate of drug-likeness (QED) is 0.797. The lowest BCUT2D eigenvalue weighted by Gasteiger charge is -2.05. The summed E-state index contributed by atoms with van der Waals surface area (Å²) in [5.41, 5.74) is 8.57. The van der Waals surface area contributed by atoms with E-state index in [0.29, 0.717) is 17.1 Å². The van der Waals surface area contributed by atoms with Crippen LogP contribution in [0.5, 0.6) is 0 Å². The maximum atomic E-state index is 12.0. The average Bonchev–Trinajstić information content (AvgIpc) is 2.64. The Morgan fingerprint density at radius 3 is 2.72 bits per heavy atom. The van der Waals surface area contributed by atoms with Gasteiger partial charge in [0.25, 0.3) is 5.91 Å². The van der Waals surface area contributed by atoms with Crippen molar-refractivity contribution in [2.45, 2.75) is 13.8 Å². The van der Waals surface area contributed by atoms with Gasteiger partial charge in [0.1, 0.15) is 0 Å². The second-order valence-corrected chi connectivity index (χ2v) is 4.88. The number of nitrogens with one attached hydrogen (secondary N) is 2. The number of nitrogen functional groups attached to an aromatic ring is 1. The van der Waals surface area contributed by atoms with E-state index in [1.54, 1.807) is 19.1 Å². The number of aromatic nitrogens is 2. The van der Waals surface area contributed by atoms with E-state index in [1.807, 2.05) is 13.0 Å². The molecule has 0 unspecified atom stereocenters. The zero-order chi connectivity index (χ0) is 13.3. The smallest absolute Gasteiger partial charge is 0.256 e. The molecule has 1 heterocycles. The van der Waals surface area contributed by atoms with E-state index in [-0.39, 0.29) is 5.91 Å². The Balaban J connectivity index is 2.22. The number of H-pyrrole nitrogens is 1. The number of hydrogen-bond donors (Lipinski definition) is 3. The average molecular weight is 309 g/mol. The van der Waals surface area contributed by atoms with Crippen molar-refractivity contribution in [1.29, 1.82) is 0 Å². The van der Waals surface area contributed by atoms with Crippen LogP contribution in [0.1, 0.15) is 21.6 Å². The minimum Gasteiger partial charge on any atom is -0.394 e. The molecule has 0 radical (unpaired) electrons. The first-order valence-electron chi connectivity index (χ1n) is 5.37. The van der Waals surface area contributed by atoms with Crippen LogP contribution in [0.25, 0.3) is 0 Å². The molecule has 0 aliphatic rings. The molecule has 0 saturated carbocycles. The van der Waals surface area contributed by atoms with Gasteiger partial charge in [-0.3, -0.25) is 9.89 Å². The van der Waals surface area contributed by atoms with E-state index in [4.69, 9.17) is 5.73 Å². The lowest BCUT2D eigenvalue weighted by Crippen LogP contribution is -2.13.